The van der Waals surface area contributed by atoms with Crippen molar-refractivity contribution in [1.29, 1.82) is 0 Å². The molecule has 2 aromatic heterocycles. The zero-order valence-corrected chi connectivity index (χ0v) is 13.1. The topological polar surface area (TPSA) is 28.7 Å². The molecule has 2 heterocycles. The third kappa shape index (κ3) is 3.00. The standard InChI is InChI=1S/C20H21FN2/c21-17-11-16-12-19(23-20(16)22-13-17)18(10-14-6-4-5-7-14)15-8-2-1-3-9-15/h1-3,8-9,11-14,18H,4-7,10H2,(H,22,23). The molecular weight excluding hydrogens is 287 g/mol. The molecule has 118 valence electrons. The van der Waals surface area contributed by atoms with Crippen molar-refractivity contribution in [2.75, 3.05) is 0 Å². The van der Waals surface area contributed by atoms with Crippen LogP contribution in [0.5, 0.6) is 0 Å². The van der Waals surface area contributed by atoms with E-state index in [-0.39, 0.29) is 5.82 Å². The lowest BCUT2D eigenvalue weighted by Crippen LogP contribution is -2.07. The van der Waals surface area contributed by atoms with Gasteiger partial charge >= 0.3 is 0 Å². The number of hydrogen-bond acceptors (Lipinski definition) is 1. The third-order valence-electron chi connectivity index (χ3n) is 5.08. The molecule has 1 fully saturated rings. The molecule has 0 spiro atoms. The SMILES string of the molecule is Fc1cnc2[nH]c(C(CC3CCCC3)c3ccccc3)cc2c1. The van der Waals surface area contributed by atoms with E-state index in [2.05, 4.69) is 46.4 Å². The Kier molecular flexibility index (Phi) is 3.86. The smallest absolute Gasteiger partial charge is 0.142 e. The molecule has 0 radical (unpaired) electrons. The number of nitrogens with one attached hydrogen (secondary N) is 1. The van der Waals surface area contributed by atoms with E-state index in [1.165, 1.54) is 37.4 Å². The molecule has 1 aromatic carbocycles. The molecule has 0 bridgehead atoms. The van der Waals surface area contributed by atoms with Crippen molar-refractivity contribution < 1.29 is 4.39 Å². The number of nitrogens with zero attached hydrogens (tertiary/aromatic N) is 1. The van der Waals surface area contributed by atoms with Gasteiger partial charge in [0.05, 0.1) is 6.20 Å². The van der Waals surface area contributed by atoms with Gasteiger partial charge in [-0.05, 0) is 30.0 Å². The molecule has 1 atom stereocenters. The van der Waals surface area contributed by atoms with Crippen LogP contribution in [0.4, 0.5) is 4.39 Å². The highest BCUT2D eigenvalue weighted by Gasteiger charge is 2.24. The average molecular weight is 308 g/mol. The predicted octanol–water partition coefficient (Wildman–Crippen LogP) is 5.41. The number of aromatic amines is 1. The van der Waals surface area contributed by atoms with Gasteiger partial charge in [0.1, 0.15) is 11.5 Å². The van der Waals surface area contributed by atoms with E-state index in [1.54, 1.807) is 6.07 Å². The molecule has 1 saturated carbocycles. The maximum absolute atomic E-state index is 13.4. The predicted molar refractivity (Wildman–Crippen MR) is 90.9 cm³/mol. The second-order valence-electron chi connectivity index (χ2n) is 6.67. The first-order valence-corrected chi connectivity index (χ1v) is 8.49. The Bertz CT molecular complexity index is 788. The molecule has 2 nitrogen and oxygen atoms in total. The van der Waals surface area contributed by atoms with Crippen molar-refractivity contribution in [3.05, 3.63) is 65.7 Å². The molecule has 1 unspecified atom stereocenters. The van der Waals surface area contributed by atoms with E-state index in [1.807, 2.05) is 0 Å². The first kappa shape index (κ1) is 14.4. The Balaban J connectivity index is 1.72. The van der Waals surface area contributed by atoms with Crippen LogP contribution in [0, 0.1) is 11.7 Å². The number of pyridine rings is 1. The summed E-state index contributed by atoms with van der Waals surface area (Å²) in [7, 11) is 0. The van der Waals surface area contributed by atoms with Crippen LogP contribution in [0.15, 0.2) is 48.7 Å². The molecule has 1 aliphatic carbocycles. The second-order valence-corrected chi connectivity index (χ2v) is 6.67. The minimum absolute atomic E-state index is 0.282. The molecule has 23 heavy (non-hydrogen) atoms. The maximum Gasteiger partial charge on any atom is 0.142 e. The van der Waals surface area contributed by atoms with Crippen molar-refractivity contribution in [1.82, 2.24) is 9.97 Å². The fraction of sp³-hybridized carbons (Fsp3) is 0.350. The van der Waals surface area contributed by atoms with Crippen LogP contribution in [0.25, 0.3) is 11.0 Å². The first-order chi connectivity index (χ1) is 11.3. The van der Waals surface area contributed by atoms with Crippen LogP contribution in [-0.2, 0) is 0 Å². The van der Waals surface area contributed by atoms with Gasteiger partial charge in [0.15, 0.2) is 0 Å². The Hall–Kier alpha value is -2.16. The summed E-state index contributed by atoms with van der Waals surface area (Å²) >= 11 is 0. The summed E-state index contributed by atoms with van der Waals surface area (Å²) in [6.45, 7) is 0. The van der Waals surface area contributed by atoms with E-state index in [9.17, 15) is 4.39 Å². The summed E-state index contributed by atoms with van der Waals surface area (Å²) in [5.74, 6) is 0.836. The first-order valence-electron chi connectivity index (χ1n) is 8.49. The Labute approximate surface area is 135 Å². The van der Waals surface area contributed by atoms with Crippen LogP contribution in [0.1, 0.15) is 49.3 Å². The van der Waals surface area contributed by atoms with Crippen molar-refractivity contribution in [2.24, 2.45) is 5.92 Å². The van der Waals surface area contributed by atoms with Crippen molar-refractivity contribution in [2.45, 2.75) is 38.0 Å². The lowest BCUT2D eigenvalue weighted by atomic mass is 9.86. The largest absolute Gasteiger partial charge is 0.343 e. The molecule has 1 aliphatic rings. The zero-order chi connectivity index (χ0) is 15.6. The monoisotopic (exact) mass is 308 g/mol. The lowest BCUT2D eigenvalue weighted by molar-refractivity contribution is 0.469. The van der Waals surface area contributed by atoms with Gasteiger partial charge in [-0.15, -0.1) is 0 Å². The number of hydrogen-bond donors (Lipinski definition) is 1. The zero-order valence-electron chi connectivity index (χ0n) is 13.1. The number of rotatable bonds is 4. The summed E-state index contributed by atoms with van der Waals surface area (Å²) in [6.07, 6.45) is 7.79. The molecule has 0 amide bonds. The highest BCUT2D eigenvalue weighted by Crippen LogP contribution is 2.38. The van der Waals surface area contributed by atoms with Gasteiger partial charge in [-0.25, -0.2) is 9.37 Å². The Morgan fingerprint density at radius 2 is 1.91 bits per heavy atom. The second kappa shape index (κ2) is 6.15. The lowest BCUT2D eigenvalue weighted by Gasteiger charge is -2.20. The Morgan fingerprint density at radius 1 is 1.13 bits per heavy atom. The van der Waals surface area contributed by atoms with Crippen molar-refractivity contribution in [3.8, 4) is 0 Å². The number of fused-ring (bicyclic) bond motifs is 1. The minimum atomic E-state index is -0.282. The molecular formula is C20H21FN2. The highest BCUT2D eigenvalue weighted by atomic mass is 19.1. The van der Waals surface area contributed by atoms with Crippen LogP contribution in [0.2, 0.25) is 0 Å². The third-order valence-corrected chi connectivity index (χ3v) is 5.08. The van der Waals surface area contributed by atoms with Gasteiger partial charge < -0.3 is 4.98 Å². The van der Waals surface area contributed by atoms with E-state index in [0.29, 0.717) is 5.92 Å². The normalized spacial score (nSPS) is 16.9. The van der Waals surface area contributed by atoms with Crippen molar-refractivity contribution in [3.63, 3.8) is 0 Å². The van der Waals surface area contributed by atoms with E-state index in [0.717, 1.165) is 29.1 Å². The van der Waals surface area contributed by atoms with Gasteiger partial charge in [-0.1, -0.05) is 56.0 Å². The van der Waals surface area contributed by atoms with Crippen LogP contribution < -0.4 is 0 Å². The Morgan fingerprint density at radius 3 is 2.70 bits per heavy atom. The van der Waals surface area contributed by atoms with Gasteiger partial charge in [-0.3, -0.25) is 0 Å². The summed E-state index contributed by atoms with van der Waals surface area (Å²) in [5, 5.41) is 0.854. The van der Waals surface area contributed by atoms with E-state index >= 15 is 0 Å². The summed E-state index contributed by atoms with van der Waals surface area (Å²) < 4.78 is 13.4. The molecule has 0 aliphatic heterocycles. The van der Waals surface area contributed by atoms with Crippen LogP contribution in [0.3, 0.4) is 0 Å². The van der Waals surface area contributed by atoms with E-state index < -0.39 is 0 Å². The number of aromatic nitrogens is 2. The van der Waals surface area contributed by atoms with Gasteiger partial charge in [0.25, 0.3) is 0 Å². The minimum Gasteiger partial charge on any atom is -0.343 e. The number of benzene rings is 1. The fourth-order valence-electron chi connectivity index (χ4n) is 3.90. The van der Waals surface area contributed by atoms with Crippen LogP contribution in [-0.4, -0.2) is 9.97 Å². The van der Waals surface area contributed by atoms with Gasteiger partial charge in [0.2, 0.25) is 0 Å². The summed E-state index contributed by atoms with van der Waals surface area (Å²) in [6, 6.07) is 14.3. The molecule has 3 aromatic rings. The number of halogens is 1. The number of H-pyrrole nitrogens is 1. The average Bonchev–Trinajstić information content (AvgIpc) is 3.22. The summed E-state index contributed by atoms with van der Waals surface area (Å²) in [5.41, 5.74) is 3.25. The van der Waals surface area contributed by atoms with Gasteiger partial charge in [0, 0.05) is 17.0 Å². The van der Waals surface area contributed by atoms with Crippen LogP contribution >= 0.6 is 0 Å². The molecule has 1 N–H and O–H groups in total. The van der Waals surface area contributed by atoms with Gasteiger partial charge in [-0.2, -0.15) is 0 Å². The fourth-order valence-corrected chi connectivity index (χ4v) is 3.90. The summed E-state index contributed by atoms with van der Waals surface area (Å²) in [4.78, 5) is 7.60. The molecule has 0 saturated heterocycles. The van der Waals surface area contributed by atoms with Crippen molar-refractivity contribution >= 4 is 11.0 Å². The quantitative estimate of drug-likeness (QED) is 0.685. The highest BCUT2D eigenvalue weighted by molar-refractivity contribution is 5.76. The molecule has 3 heteroatoms. The molecule has 4 rings (SSSR count). The maximum atomic E-state index is 13.4. The van der Waals surface area contributed by atoms with E-state index in [4.69, 9.17) is 0 Å².